The van der Waals surface area contributed by atoms with Crippen LogP contribution < -0.4 is 16.0 Å². The maximum Gasteiger partial charge on any atom is 0.315 e. The molecule has 208 valence electrons. The number of aryl methyl sites for hydroxylation is 1. The molecule has 0 spiro atoms. The molecule has 7 nitrogen and oxygen atoms in total. The molecule has 1 saturated carbocycles. The Hall–Kier alpha value is -4.21. The molecule has 0 saturated heterocycles. The lowest BCUT2D eigenvalue weighted by Gasteiger charge is -2.24. The van der Waals surface area contributed by atoms with Crippen LogP contribution in [-0.4, -0.2) is 42.3 Å². The summed E-state index contributed by atoms with van der Waals surface area (Å²) in [4.78, 5) is 33.8. The number of amides is 3. The number of hydrogen-bond acceptors (Lipinski definition) is 4. The molecule has 1 aliphatic heterocycles. The normalized spacial score (nSPS) is 16.9. The number of pyridine rings is 1. The Morgan fingerprint density at radius 1 is 0.975 bits per heavy atom. The Bertz CT molecular complexity index is 1450. The molecule has 3 N–H and O–H groups in total. The smallest absolute Gasteiger partial charge is 0.315 e. The first-order valence-corrected chi connectivity index (χ1v) is 13.4. The van der Waals surface area contributed by atoms with Crippen LogP contribution in [0.2, 0.25) is 0 Å². The average molecular weight is 550 g/mol. The molecule has 3 amide bonds. The summed E-state index contributed by atoms with van der Waals surface area (Å²) in [5.74, 6) is -3.98. The van der Waals surface area contributed by atoms with Gasteiger partial charge in [0.25, 0.3) is 5.91 Å². The second-order valence-electron chi connectivity index (χ2n) is 10.1. The minimum absolute atomic E-state index is 0.135. The Kier molecular flexibility index (Phi) is 8.14. The van der Waals surface area contributed by atoms with Crippen molar-refractivity contribution in [2.75, 3.05) is 18.4 Å². The molecule has 1 unspecified atom stereocenters. The second-order valence-corrected chi connectivity index (χ2v) is 10.1. The molecule has 3 aromatic rings. The molecular weight excluding hydrogens is 519 g/mol. The lowest BCUT2D eigenvalue weighted by atomic mass is 9.85. The number of nitrogens with one attached hydrogen (secondary N) is 3. The van der Waals surface area contributed by atoms with Crippen molar-refractivity contribution in [2.24, 2.45) is 4.99 Å². The number of aromatic nitrogens is 1. The van der Waals surface area contributed by atoms with Crippen molar-refractivity contribution in [3.05, 3.63) is 82.3 Å². The monoisotopic (exact) mass is 549 g/mol. The molecule has 0 bridgehead atoms. The molecule has 2 heterocycles. The molecule has 10 heteroatoms. The minimum atomic E-state index is -1.40. The van der Waals surface area contributed by atoms with E-state index >= 15 is 0 Å². The maximum atomic E-state index is 14.9. The van der Waals surface area contributed by atoms with Gasteiger partial charge in [0.15, 0.2) is 0 Å². The van der Waals surface area contributed by atoms with Crippen LogP contribution in [-0.2, 0) is 4.79 Å². The van der Waals surface area contributed by atoms with Crippen LogP contribution in [0.4, 0.5) is 23.8 Å². The van der Waals surface area contributed by atoms with Gasteiger partial charge in [0, 0.05) is 36.5 Å². The van der Waals surface area contributed by atoms with Gasteiger partial charge in [-0.25, -0.2) is 27.9 Å². The average Bonchev–Trinajstić information content (AvgIpc) is 2.92. The number of carbonyl (C=O) groups is 2. The molecule has 1 atom stereocenters. The van der Waals surface area contributed by atoms with Crippen LogP contribution >= 0.6 is 0 Å². The fourth-order valence-corrected chi connectivity index (χ4v) is 5.39. The van der Waals surface area contributed by atoms with Gasteiger partial charge in [-0.3, -0.25) is 4.79 Å². The number of rotatable bonds is 7. The van der Waals surface area contributed by atoms with Gasteiger partial charge in [-0.05, 0) is 66.8 Å². The summed E-state index contributed by atoms with van der Waals surface area (Å²) in [6.45, 7) is 2.33. The van der Waals surface area contributed by atoms with Crippen molar-refractivity contribution in [1.82, 2.24) is 15.6 Å². The van der Waals surface area contributed by atoms with E-state index in [0.717, 1.165) is 37.8 Å². The molecular formula is C30H30F3N5O2. The summed E-state index contributed by atoms with van der Waals surface area (Å²) in [6, 6.07) is 9.34. The van der Waals surface area contributed by atoms with Gasteiger partial charge >= 0.3 is 6.03 Å². The van der Waals surface area contributed by atoms with Gasteiger partial charge < -0.3 is 16.0 Å². The van der Waals surface area contributed by atoms with E-state index in [9.17, 15) is 22.8 Å². The molecule has 1 aliphatic carbocycles. The van der Waals surface area contributed by atoms with Crippen LogP contribution in [0.15, 0.2) is 47.5 Å². The summed E-state index contributed by atoms with van der Waals surface area (Å²) in [5.41, 5.74) is 1.97. The fourth-order valence-electron chi connectivity index (χ4n) is 5.39. The Morgan fingerprint density at radius 3 is 2.45 bits per heavy atom. The van der Waals surface area contributed by atoms with Gasteiger partial charge in [-0.2, -0.15) is 0 Å². The SMILES string of the molecule is Cc1cc(F)ccc1-c1cc(NCCNC(=O)NC2CCCCC2)nc2c1C=NC(=O)C2c1c(F)cccc1F. The van der Waals surface area contributed by atoms with Gasteiger partial charge in [0.05, 0.1) is 5.69 Å². The molecule has 5 rings (SSSR count). The van der Waals surface area contributed by atoms with Crippen molar-refractivity contribution in [3.8, 4) is 11.1 Å². The lowest BCUT2D eigenvalue weighted by Crippen LogP contribution is -2.44. The highest BCUT2D eigenvalue weighted by molar-refractivity contribution is 6.06. The zero-order valence-corrected chi connectivity index (χ0v) is 22.1. The standard InChI is InChI=1S/C30H30F3N5O2/c1-17-14-18(31)10-11-20(17)21-15-25(34-12-13-35-30(40)37-19-6-3-2-4-7-19)38-28-22(21)16-36-29(39)27(28)26-23(32)8-5-9-24(26)33/h5,8-11,14-16,19,27H,2-4,6-7,12-13H2,1H3,(H,34,38)(H2,35,37,40). The first kappa shape index (κ1) is 27.4. The highest BCUT2D eigenvalue weighted by atomic mass is 19.1. The third-order valence-electron chi connectivity index (χ3n) is 7.35. The Balaban J connectivity index is 1.45. The van der Waals surface area contributed by atoms with Crippen LogP contribution in [0.25, 0.3) is 11.1 Å². The molecule has 2 aromatic carbocycles. The number of halogens is 3. The highest BCUT2D eigenvalue weighted by Gasteiger charge is 2.35. The molecule has 2 aliphatic rings. The predicted octanol–water partition coefficient (Wildman–Crippen LogP) is 5.61. The first-order valence-electron chi connectivity index (χ1n) is 13.4. The zero-order chi connectivity index (χ0) is 28.2. The van der Waals surface area contributed by atoms with Crippen LogP contribution in [0.5, 0.6) is 0 Å². The van der Waals surface area contributed by atoms with Crippen LogP contribution in [0.3, 0.4) is 0 Å². The predicted molar refractivity (Wildman–Crippen MR) is 147 cm³/mol. The zero-order valence-electron chi connectivity index (χ0n) is 22.1. The number of benzene rings is 2. The number of fused-ring (bicyclic) bond motifs is 1. The number of hydrogen-bond donors (Lipinski definition) is 3. The van der Waals surface area contributed by atoms with Gasteiger partial charge in [-0.15, -0.1) is 0 Å². The highest BCUT2D eigenvalue weighted by Crippen LogP contribution is 2.39. The molecule has 40 heavy (non-hydrogen) atoms. The van der Waals surface area contributed by atoms with E-state index in [2.05, 4.69) is 25.9 Å². The largest absolute Gasteiger partial charge is 0.368 e. The third-order valence-corrected chi connectivity index (χ3v) is 7.35. The van der Waals surface area contributed by atoms with Crippen LogP contribution in [0, 0.1) is 24.4 Å². The Labute approximate surface area is 230 Å². The van der Waals surface area contributed by atoms with E-state index in [-0.39, 0.29) is 24.3 Å². The van der Waals surface area contributed by atoms with Gasteiger partial charge in [0.1, 0.15) is 29.2 Å². The van der Waals surface area contributed by atoms with Crippen molar-refractivity contribution in [3.63, 3.8) is 0 Å². The number of carbonyl (C=O) groups excluding carboxylic acids is 2. The van der Waals surface area contributed by atoms with Crippen LogP contribution in [0.1, 0.15) is 60.4 Å². The van der Waals surface area contributed by atoms with E-state index in [4.69, 9.17) is 0 Å². The van der Waals surface area contributed by atoms with E-state index in [1.54, 1.807) is 19.1 Å². The third kappa shape index (κ3) is 5.85. The summed E-state index contributed by atoms with van der Waals surface area (Å²) in [7, 11) is 0. The maximum absolute atomic E-state index is 14.9. The number of urea groups is 1. The number of anilines is 1. The fraction of sp³-hybridized carbons (Fsp3) is 0.333. The summed E-state index contributed by atoms with van der Waals surface area (Å²) in [5, 5.41) is 8.96. The van der Waals surface area contributed by atoms with Gasteiger partial charge in [0.2, 0.25) is 0 Å². The summed E-state index contributed by atoms with van der Waals surface area (Å²) < 4.78 is 43.6. The summed E-state index contributed by atoms with van der Waals surface area (Å²) in [6.07, 6.45) is 6.69. The minimum Gasteiger partial charge on any atom is -0.368 e. The van der Waals surface area contributed by atoms with E-state index in [1.807, 2.05) is 0 Å². The lowest BCUT2D eigenvalue weighted by molar-refractivity contribution is -0.118. The van der Waals surface area contributed by atoms with Crippen molar-refractivity contribution in [1.29, 1.82) is 0 Å². The van der Waals surface area contributed by atoms with E-state index in [0.29, 0.717) is 34.6 Å². The summed E-state index contributed by atoms with van der Waals surface area (Å²) >= 11 is 0. The second kappa shape index (κ2) is 11.9. The van der Waals surface area contributed by atoms with Crippen molar-refractivity contribution in [2.45, 2.75) is 51.0 Å². The van der Waals surface area contributed by atoms with Gasteiger partial charge in [-0.1, -0.05) is 31.4 Å². The molecule has 1 aromatic heterocycles. The topological polar surface area (TPSA) is 95.5 Å². The first-order chi connectivity index (χ1) is 19.3. The van der Waals surface area contributed by atoms with Crippen molar-refractivity contribution >= 4 is 24.0 Å². The quantitative estimate of drug-likeness (QED) is 0.334. The number of nitrogens with zero attached hydrogens (tertiary/aromatic N) is 2. The van der Waals surface area contributed by atoms with E-state index in [1.165, 1.54) is 30.8 Å². The molecule has 0 radical (unpaired) electrons. The number of aliphatic imine (C=N–C) groups is 1. The Morgan fingerprint density at radius 2 is 1.73 bits per heavy atom. The van der Waals surface area contributed by atoms with E-state index < -0.39 is 34.8 Å². The van der Waals surface area contributed by atoms with Crippen molar-refractivity contribution < 1.29 is 22.8 Å². The molecule has 1 fully saturated rings.